The van der Waals surface area contributed by atoms with E-state index in [0.29, 0.717) is 6.54 Å². The van der Waals surface area contributed by atoms with Crippen molar-refractivity contribution >= 4 is 21.4 Å². The summed E-state index contributed by atoms with van der Waals surface area (Å²) in [4.78, 5) is 5.02. The quantitative estimate of drug-likeness (QED) is 0.755. The zero-order valence-electron chi connectivity index (χ0n) is 11.9. The van der Waals surface area contributed by atoms with Gasteiger partial charge < -0.3 is 10.4 Å². The summed E-state index contributed by atoms with van der Waals surface area (Å²) in [7, 11) is 0. The molecule has 3 aromatic rings. The van der Waals surface area contributed by atoms with Crippen molar-refractivity contribution in [3.05, 3.63) is 65.3 Å². The lowest BCUT2D eigenvalue weighted by Gasteiger charge is -2.16. The van der Waals surface area contributed by atoms with Crippen LogP contribution in [0.25, 0.3) is 10.1 Å². The van der Waals surface area contributed by atoms with Crippen LogP contribution in [0.2, 0.25) is 0 Å². The molecule has 0 aliphatic carbocycles. The highest BCUT2D eigenvalue weighted by molar-refractivity contribution is 7.19. The van der Waals surface area contributed by atoms with Crippen molar-refractivity contribution in [3.8, 4) is 0 Å². The van der Waals surface area contributed by atoms with Crippen molar-refractivity contribution in [1.82, 2.24) is 10.3 Å². The van der Waals surface area contributed by atoms with Gasteiger partial charge in [-0.1, -0.05) is 18.2 Å². The van der Waals surface area contributed by atoms with Gasteiger partial charge in [-0.05, 0) is 42.1 Å². The van der Waals surface area contributed by atoms with E-state index < -0.39 is 6.10 Å². The lowest BCUT2D eigenvalue weighted by molar-refractivity contribution is 0.174. The topological polar surface area (TPSA) is 45.1 Å². The number of rotatable bonds is 5. The first-order valence-electron chi connectivity index (χ1n) is 7.04. The second kappa shape index (κ2) is 6.35. The maximum atomic E-state index is 10.4. The van der Waals surface area contributed by atoms with Crippen molar-refractivity contribution in [2.75, 3.05) is 6.54 Å². The van der Waals surface area contributed by atoms with Gasteiger partial charge in [0.15, 0.2) is 0 Å². The maximum absolute atomic E-state index is 10.4. The molecular weight excluding hydrogens is 280 g/mol. The molecule has 0 fully saturated rings. The Hall–Kier alpha value is -1.75. The predicted octanol–water partition coefficient (Wildman–Crippen LogP) is 3.68. The fraction of sp³-hybridized carbons (Fsp3) is 0.235. The Morgan fingerprint density at radius 2 is 1.95 bits per heavy atom. The third-order valence-electron chi connectivity index (χ3n) is 3.60. The molecule has 2 unspecified atom stereocenters. The summed E-state index contributed by atoms with van der Waals surface area (Å²) in [6.45, 7) is 2.63. The first-order chi connectivity index (χ1) is 10.2. The molecule has 0 saturated carbocycles. The number of aliphatic hydroxyl groups is 1. The van der Waals surface area contributed by atoms with Gasteiger partial charge in [-0.15, -0.1) is 11.3 Å². The van der Waals surface area contributed by atoms with Crippen LogP contribution in [0, 0.1) is 0 Å². The standard InChI is InChI=1S/C17H18N2OS/c1-12(13-6-8-18-9-7-13)19-11-15(20)17-10-14-4-2-3-5-16(14)21-17/h2-10,12,15,19-20H,11H2,1H3. The highest BCUT2D eigenvalue weighted by atomic mass is 32.1. The summed E-state index contributed by atoms with van der Waals surface area (Å²) >= 11 is 1.65. The molecule has 0 radical (unpaired) electrons. The minimum atomic E-state index is -0.480. The van der Waals surface area contributed by atoms with Crippen LogP contribution >= 0.6 is 11.3 Å². The van der Waals surface area contributed by atoms with Crippen LogP contribution in [-0.2, 0) is 0 Å². The molecule has 2 heterocycles. The first kappa shape index (κ1) is 14.2. The molecule has 2 aromatic heterocycles. The van der Waals surface area contributed by atoms with Gasteiger partial charge in [0.1, 0.15) is 6.10 Å². The number of benzene rings is 1. The number of hydrogen-bond donors (Lipinski definition) is 2. The largest absolute Gasteiger partial charge is 0.386 e. The molecular formula is C17H18N2OS. The Bertz CT molecular complexity index is 678. The highest BCUT2D eigenvalue weighted by Crippen LogP contribution is 2.29. The second-order valence-corrected chi connectivity index (χ2v) is 6.23. The average Bonchev–Trinajstić information content (AvgIpc) is 2.97. The smallest absolute Gasteiger partial charge is 0.101 e. The molecule has 108 valence electrons. The Morgan fingerprint density at radius 3 is 2.71 bits per heavy atom. The fourth-order valence-corrected chi connectivity index (χ4v) is 3.38. The predicted molar refractivity (Wildman–Crippen MR) is 87.4 cm³/mol. The summed E-state index contributed by atoms with van der Waals surface area (Å²) in [6, 6.07) is 14.5. The Labute approximate surface area is 128 Å². The number of nitrogens with one attached hydrogen (secondary N) is 1. The van der Waals surface area contributed by atoms with Crippen LogP contribution in [0.4, 0.5) is 0 Å². The van der Waals surface area contributed by atoms with Crippen molar-refractivity contribution in [3.63, 3.8) is 0 Å². The molecule has 3 rings (SSSR count). The van der Waals surface area contributed by atoms with Crippen molar-refractivity contribution < 1.29 is 5.11 Å². The molecule has 0 saturated heterocycles. The molecule has 21 heavy (non-hydrogen) atoms. The zero-order chi connectivity index (χ0) is 14.7. The van der Waals surface area contributed by atoms with E-state index in [-0.39, 0.29) is 6.04 Å². The molecule has 0 spiro atoms. The third kappa shape index (κ3) is 3.29. The summed E-state index contributed by atoms with van der Waals surface area (Å²) in [6.07, 6.45) is 3.10. The van der Waals surface area contributed by atoms with Gasteiger partial charge in [0, 0.05) is 34.6 Å². The van der Waals surface area contributed by atoms with Gasteiger partial charge in [0.25, 0.3) is 0 Å². The molecule has 3 nitrogen and oxygen atoms in total. The Balaban J connectivity index is 1.65. The molecule has 1 aromatic carbocycles. The number of nitrogens with zero attached hydrogens (tertiary/aromatic N) is 1. The molecule has 2 atom stereocenters. The Morgan fingerprint density at radius 1 is 1.19 bits per heavy atom. The lowest BCUT2D eigenvalue weighted by atomic mass is 10.1. The minimum absolute atomic E-state index is 0.192. The molecule has 0 aliphatic rings. The highest BCUT2D eigenvalue weighted by Gasteiger charge is 2.13. The maximum Gasteiger partial charge on any atom is 0.101 e. The summed E-state index contributed by atoms with van der Waals surface area (Å²) < 4.78 is 1.22. The van der Waals surface area contributed by atoms with Crippen LogP contribution < -0.4 is 5.32 Å². The van der Waals surface area contributed by atoms with Crippen molar-refractivity contribution in [2.24, 2.45) is 0 Å². The van der Waals surface area contributed by atoms with Crippen LogP contribution in [0.3, 0.4) is 0 Å². The van der Waals surface area contributed by atoms with E-state index in [4.69, 9.17) is 0 Å². The zero-order valence-corrected chi connectivity index (χ0v) is 12.7. The monoisotopic (exact) mass is 298 g/mol. The van der Waals surface area contributed by atoms with Gasteiger partial charge in [0.2, 0.25) is 0 Å². The van der Waals surface area contributed by atoms with E-state index in [1.54, 1.807) is 23.7 Å². The number of pyridine rings is 1. The number of thiophene rings is 1. The molecule has 4 heteroatoms. The van der Waals surface area contributed by atoms with Crippen molar-refractivity contribution in [1.29, 1.82) is 0 Å². The van der Waals surface area contributed by atoms with E-state index in [2.05, 4.69) is 35.4 Å². The van der Waals surface area contributed by atoms with E-state index in [9.17, 15) is 5.11 Å². The second-order valence-electron chi connectivity index (χ2n) is 5.11. The summed E-state index contributed by atoms with van der Waals surface area (Å²) in [5.41, 5.74) is 1.17. The van der Waals surface area contributed by atoms with E-state index in [1.165, 1.54) is 15.6 Å². The first-order valence-corrected chi connectivity index (χ1v) is 7.85. The van der Waals surface area contributed by atoms with Gasteiger partial charge in [-0.25, -0.2) is 0 Å². The van der Waals surface area contributed by atoms with Crippen LogP contribution in [0.15, 0.2) is 54.9 Å². The van der Waals surface area contributed by atoms with Crippen molar-refractivity contribution in [2.45, 2.75) is 19.1 Å². The summed E-state index contributed by atoms with van der Waals surface area (Å²) in [5.74, 6) is 0. The number of aromatic nitrogens is 1. The Kier molecular flexibility index (Phi) is 4.29. The van der Waals surface area contributed by atoms with Crippen LogP contribution in [0.5, 0.6) is 0 Å². The van der Waals surface area contributed by atoms with Gasteiger partial charge in [-0.2, -0.15) is 0 Å². The SMILES string of the molecule is CC(NCC(O)c1cc2ccccc2s1)c1ccncc1. The minimum Gasteiger partial charge on any atom is -0.386 e. The lowest BCUT2D eigenvalue weighted by Crippen LogP contribution is -2.24. The van der Waals surface area contributed by atoms with Gasteiger partial charge in [-0.3, -0.25) is 4.98 Å². The number of fused-ring (bicyclic) bond motifs is 1. The van der Waals surface area contributed by atoms with Gasteiger partial charge >= 0.3 is 0 Å². The van der Waals surface area contributed by atoms with Crippen LogP contribution in [0.1, 0.15) is 29.5 Å². The fourth-order valence-electron chi connectivity index (χ4n) is 2.33. The normalized spacial score (nSPS) is 14.2. The van der Waals surface area contributed by atoms with E-state index >= 15 is 0 Å². The molecule has 0 aliphatic heterocycles. The number of hydrogen-bond acceptors (Lipinski definition) is 4. The average molecular weight is 298 g/mol. The van der Waals surface area contributed by atoms with Gasteiger partial charge in [0.05, 0.1) is 0 Å². The molecule has 0 amide bonds. The van der Waals surface area contributed by atoms with Crippen LogP contribution in [-0.4, -0.2) is 16.6 Å². The summed E-state index contributed by atoms with van der Waals surface area (Å²) in [5, 5.41) is 14.9. The third-order valence-corrected chi connectivity index (χ3v) is 4.81. The van der Waals surface area contributed by atoms with E-state index in [1.807, 2.05) is 24.3 Å². The molecule has 0 bridgehead atoms. The number of aliphatic hydroxyl groups excluding tert-OH is 1. The van der Waals surface area contributed by atoms with E-state index in [0.717, 1.165) is 4.88 Å². The molecule has 2 N–H and O–H groups in total.